The van der Waals surface area contributed by atoms with Crippen LogP contribution in [0.5, 0.6) is 0 Å². The number of hydrogen-bond donors (Lipinski definition) is 1. The minimum absolute atomic E-state index is 0.167. The van der Waals surface area contributed by atoms with Crippen molar-refractivity contribution in [2.45, 2.75) is 38.9 Å². The first kappa shape index (κ1) is 12.6. The van der Waals surface area contributed by atoms with Crippen LogP contribution in [0.3, 0.4) is 0 Å². The van der Waals surface area contributed by atoms with Gasteiger partial charge < -0.3 is 5.32 Å². The smallest absolute Gasteiger partial charge is 0.151 e. The normalized spacial score (nSPS) is 16.3. The Morgan fingerprint density at radius 3 is 2.94 bits per heavy atom. The van der Waals surface area contributed by atoms with Crippen LogP contribution in [0.2, 0.25) is 0 Å². The molecular formula is C11H19N3O2S. The molecule has 1 heterocycles. The summed E-state index contributed by atoms with van der Waals surface area (Å²) in [4.78, 5) is 0. The van der Waals surface area contributed by atoms with E-state index in [9.17, 15) is 8.42 Å². The summed E-state index contributed by atoms with van der Waals surface area (Å²) in [6.45, 7) is 2.94. The summed E-state index contributed by atoms with van der Waals surface area (Å²) in [5.41, 5.74) is 1.12. The summed E-state index contributed by atoms with van der Waals surface area (Å²) in [6.07, 6.45) is 6.25. The predicted molar refractivity (Wildman–Crippen MR) is 66.4 cm³/mol. The number of sulfone groups is 1. The molecule has 2 rings (SSSR count). The molecule has 96 valence electrons. The molecule has 0 saturated heterocycles. The zero-order valence-corrected chi connectivity index (χ0v) is 10.9. The Kier molecular flexibility index (Phi) is 3.83. The maximum Gasteiger partial charge on any atom is 0.151 e. The Hall–Kier alpha value is -0.880. The maximum absolute atomic E-state index is 11.3. The molecule has 0 aromatic carbocycles. The van der Waals surface area contributed by atoms with Gasteiger partial charge >= 0.3 is 0 Å². The molecule has 0 spiro atoms. The van der Waals surface area contributed by atoms with E-state index in [1.54, 1.807) is 17.8 Å². The van der Waals surface area contributed by atoms with E-state index in [0.717, 1.165) is 12.1 Å². The van der Waals surface area contributed by atoms with E-state index in [2.05, 4.69) is 10.4 Å². The van der Waals surface area contributed by atoms with Gasteiger partial charge in [0, 0.05) is 30.1 Å². The number of nitrogens with one attached hydrogen (secondary N) is 1. The SMILES string of the molecule is CCS(=O)(=O)CCn1cc(CNC2CC2)cn1. The molecule has 1 aromatic rings. The standard InChI is InChI=1S/C11H19N3O2S/c1-2-17(15,16)6-5-14-9-10(8-13-14)7-12-11-3-4-11/h8-9,11-12H,2-7H2,1H3. The monoisotopic (exact) mass is 257 g/mol. The fraction of sp³-hybridized carbons (Fsp3) is 0.727. The molecule has 5 nitrogen and oxygen atoms in total. The first-order chi connectivity index (χ1) is 8.09. The van der Waals surface area contributed by atoms with E-state index < -0.39 is 9.84 Å². The van der Waals surface area contributed by atoms with Crippen molar-refractivity contribution in [1.29, 1.82) is 0 Å². The second-order valence-electron chi connectivity index (χ2n) is 4.50. The summed E-state index contributed by atoms with van der Waals surface area (Å²) in [5.74, 6) is 0.366. The predicted octanol–water partition coefficient (Wildman–Crippen LogP) is 0.570. The van der Waals surface area contributed by atoms with E-state index in [1.165, 1.54) is 12.8 Å². The molecule has 17 heavy (non-hydrogen) atoms. The lowest BCUT2D eigenvalue weighted by atomic mass is 10.3. The zero-order valence-electron chi connectivity index (χ0n) is 10.1. The summed E-state index contributed by atoms with van der Waals surface area (Å²) in [5, 5.41) is 7.56. The summed E-state index contributed by atoms with van der Waals surface area (Å²) < 4.78 is 24.4. The van der Waals surface area contributed by atoms with Crippen LogP contribution in [0.15, 0.2) is 12.4 Å². The molecule has 1 N–H and O–H groups in total. The number of aryl methyl sites for hydroxylation is 1. The zero-order chi connectivity index (χ0) is 12.3. The Labute approximate surface area is 102 Å². The minimum Gasteiger partial charge on any atom is -0.310 e. The van der Waals surface area contributed by atoms with Gasteiger partial charge in [-0.1, -0.05) is 6.92 Å². The molecule has 1 saturated carbocycles. The van der Waals surface area contributed by atoms with Crippen molar-refractivity contribution in [3.8, 4) is 0 Å². The lowest BCUT2D eigenvalue weighted by molar-refractivity contribution is 0.581. The van der Waals surface area contributed by atoms with E-state index in [-0.39, 0.29) is 11.5 Å². The maximum atomic E-state index is 11.3. The second kappa shape index (κ2) is 5.18. The lowest BCUT2D eigenvalue weighted by Crippen LogP contribution is -2.15. The molecule has 0 atom stereocenters. The molecule has 0 unspecified atom stereocenters. The van der Waals surface area contributed by atoms with Crippen LogP contribution in [-0.2, 0) is 22.9 Å². The van der Waals surface area contributed by atoms with Gasteiger partial charge in [-0.3, -0.25) is 4.68 Å². The van der Waals surface area contributed by atoms with Crippen LogP contribution in [0, 0.1) is 0 Å². The molecule has 0 amide bonds. The first-order valence-electron chi connectivity index (χ1n) is 6.04. The van der Waals surface area contributed by atoms with Crippen molar-refractivity contribution in [1.82, 2.24) is 15.1 Å². The van der Waals surface area contributed by atoms with Crippen molar-refractivity contribution in [3.05, 3.63) is 18.0 Å². The highest BCUT2D eigenvalue weighted by atomic mass is 32.2. The molecule has 1 aliphatic carbocycles. The van der Waals surface area contributed by atoms with Gasteiger partial charge in [-0.2, -0.15) is 5.10 Å². The molecule has 6 heteroatoms. The highest BCUT2D eigenvalue weighted by Crippen LogP contribution is 2.19. The van der Waals surface area contributed by atoms with Crippen LogP contribution in [0.25, 0.3) is 0 Å². The van der Waals surface area contributed by atoms with Crippen molar-refractivity contribution >= 4 is 9.84 Å². The van der Waals surface area contributed by atoms with E-state index in [4.69, 9.17) is 0 Å². The van der Waals surface area contributed by atoms with Gasteiger partial charge in [-0.05, 0) is 12.8 Å². The lowest BCUT2D eigenvalue weighted by Gasteiger charge is -2.01. The highest BCUT2D eigenvalue weighted by Gasteiger charge is 2.20. The van der Waals surface area contributed by atoms with Gasteiger partial charge in [0.25, 0.3) is 0 Å². The van der Waals surface area contributed by atoms with Gasteiger partial charge in [0.2, 0.25) is 0 Å². The number of hydrogen-bond acceptors (Lipinski definition) is 4. The topological polar surface area (TPSA) is 64.0 Å². The molecule has 1 fully saturated rings. The average molecular weight is 257 g/mol. The Balaban J connectivity index is 1.80. The fourth-order valence-corrected chi connectivity index (χ4v) is 2.30. The molecule has 1 aliphatic rings. The number of rotatable bonds is 7. The molecular weight excluding hydrogens is 238 g/mol. The second-order valence-corrected chi connectivity index (χ2v) is 6.98. The van der Waals surface area contributed by atoms with E-state index in [0.29, 0.717) is 12.6 Å². The molecule has 0 bridgehead atoms. The molecule has 0 aliphatic heterocycles. The van der Waals surface area contributed by atoms with Crippen molar-refractivity contribution in [2.75, 3.05) is 11.5 Å². The van der Waals surface area contributed by atoms with Crippen LogP contribution in [0.4, 0.5) is 0 Å². The van der Waals surface area contributed by atoms with Gasteiger partial charge in [0.15, 0.2) is 9.84 Å². The Bertz CT molecular complexity index is 463. The van der Waals surface area contributed by atoms with Gasteiger partial charge in [-0.25, -0.2) is 8.42 Å². The Morgan fingerprint density at radius 2 is 2.29 bits per heavy atom. The third-order valence-electron chi connectivity index (χ3n) is 2.93. The quantitative estimate of drug-likeness (QED) is 0.775. The summed E-state index contributed by atoms with van der Waals surface area (Å²) in [7, 11) is -2.90. The van der Waals surface area contributed by atoms with Crippen molar-refractivity contribution in [2.24, 2.45) is 0 Å². The number of aromatic nitrogens is 2. The first-order valence-corrected chi connectivity index (χ1v) is 7.86. The molecule has 1 aromatic heterocycles. The van der Waals surface area contributed by atoms with E-state index >= 15 is 0 Å². The van der Waals surface area contributed by atoms with Gasteiger partial charge in [-0.15, -0.1) is 0 Å². The van der Waals surface area contributed by atoms with Crippen LogP contribution in [-0.4, -0.2) is 35.7 Å². The van der Waals surface area contributed by atoms with Crippen molar-refractivity contribution in [3.63, 3.8) is 0 Å². The van der Waals surface area contributed by atoms with Crippen LogP contribution >= 0.6 is 0 Å². The van der Waals surface area contributed by atoms with E-state index in [1.807, 2.05) is 6.20 Å². The van der Waals surface area contributed by atoms with Crippen LogP contribution in [0.1, 0.15) is 25.3 Å². The Morgan fingerprint density at radius 1 is 1.53 bits per heavy atom. The highest BCUT2D eigenvalue weighted by molar-refractivity contribution is 7.91. The summed E-state index contributed by atoms with van der Waals surface area (Å²) >= 11 is 0. The third kappa shape index (κ3) is 4.12. The largest absolute Gasteiger partial charge is 0.310 e. The summed E-state index contributed by atoms with van der Waals surface area (Å²) in [6, 6.07) is 0.679. The van der Waals surface area contributed by atoms with Gasteiger partial charge in [0.1, 0.15) is 0 Å². The van der Waals surface area contributed by atoms with Gasteiger partial charge in [0.05, 0.1) is 18.5 Å². The van der Waals surface area contributed by atoms with Crippen LogP contribution < -0.4 is 5.32 Å². The third-order valence-corrected chi connectivity index (χ3v) is 4.61. The number of nitrogens with zero attached hydrogens (tertiary/aromatic N) is 2. The average Bonchev–Trinajstić information content (AvgIpc) is 3.03. The fourth-order valence-electron chi connectivity index (χ4n) is 1.55. The minimum atomic E-state index is -2.90. The van der Waals surface area contributed by atoms with Crippen molar-refractivity contribution < 1.29 is 8.42 Å². The molecule has 0 radical (unpaired) electrons.